The number of hydrazine groups is 1. The molecule has 2 aromatic heterocycles. The van der Waals surface area contributed by atoms with E-state index in [4.69, 9.17) is 0 Å². The van der Waals surface area contributed by atoms with E-state index in [1.165, 1.54) is 0 Å². The fourth-order valence-electron chi connectivity index (χ4n) is 3.74. The summed E-state index contributed by atoms with van der Waals surface area (Å²) in [6.07, 6.45) is 9.68. The van der Waals surface area contributed by atoms with Crippen LogP contribution in [0.3, 0.4) is 0 Å². The van der Waals surface area contributed by atoms with Crippen LogP contribution in [0.2, 0.25) is 0 Å². The van der Waals surface area contributed by atoms with E-state index in [1.807, 2.05) is 35.4 Å². The summed E-state index contributed by atoms with van der Waals surface area (Å²) >= 11 is 0. The van der Waals surface area contributed by atoms with Crippen molar-refractivity contribution in [3.63, 3.8) is 0 Å². The number of nitrogens with zero attached hydrogens (tertiary/aromatic N) is 3. The van der Waals surface area contributed by atoms with Crippen molar-refractivity contribution in [1.29, 1.82) is 0 Å². The van der Waals surface area contributed by atoms with Crippen LogP contribution in [0.5, 0.6) is 0 Å². The van der Waals surface area contributed by atoms with Gasteiger partial charge in [-0.05, 0) is 17.2 Å². The third-order valence-corrected chi connectivity index (χ3v) is 4.79. The maximum Gasteiger partial charge on any atom is 0.221 e. The maximum atomic E-state index is 12.1. The largest absolute Gasteiger partial charge is 0.339 e. The molecule has 1 amide bonds. The Morgan fingerprint density at radius 1 is 1.33 bits per heavy atom. The van der Waals surface area contributed by atoms with Gasteiger partial charge in [0.05, 0.1) is 24.9 Å². The number of rotatable bonds is 4. The molecule has 2 aliphatic rings. The van der Waals surface area contributed by atoms with Gasteiger partial charge in [0.15, 0.2) is 0 Å². The number of amides is 1. The molecule has 7 heteroatoms. The highest BCUT2D eigenvalue weighted by Gasteiger charge is 2.47. The first-order valence-corrected chi connectivity index (χ1v) is 8.10. The number of nitrogens with one attached hydrogen (secondary N) is 3. The van der Waals surface area contributed by atoms with Crippen LogP contribution >= 0.6 is 0 Å². The van der Waals surface area contributed by atoms with Gasteiger partial charge in [0, 0.05) is 36.8 Å². The molecule has 2 aromatic rings. The predicted octanol–water partition coefficient (Wildman–Crippen LogP) is 0.859. The van der Waals surface area contributed by atoms with E-state index in [9.17, 15) is 4.79 Å². The van der Waals surface area contributed by atoms with Gasteiger partial charge in [-0.25, -0.2) is 10.9 Å². The molecule has 124 valence electrons. The minimum Gasteiger partial charge on any atom is -0.339 e. The molecule has 0 aromatic carbocycles. The van der Waals surface area contributed by atoms with Crippen molar-refractivity contribution in [2.24, 2.45) is 5.92 Å². The highest BCUT2D eigenvalue weighted by molar-refractivity contribution is 5.78. The lowest BCUT2D eigenvalue weighted by atomic mass is 9.75. The standard InChI is InChI=1S/C17H20N6O/c1-2-6-23-10-12(9-19-23)13-7-14(24)20-17-15(13)16(21-22-17)11-4-3-5-18-8-11/h2-5,8-10,13,15-17,21-22H,1,6-7H2,(H,20,24). The van der Waals surface area contributed by atoms with Gasteiger partial charge in [-0.2, -0.15) is 5.10 Å². The Kier molecular flexibility index (Phi) is 3.87. The molecular formula is C17H20N6O. The van der Waals surface area contributed by atoms with E-state index < -0.39 is 0 Å². The fraction of sp³-hybridized carbons (Fsp3) is 0.353. The van der Waals surface area contributed by atoms with Crippen LogP contribution in [-0.2, 0) is 11.3 Å². The van der Waals surface area contributed by atoms with E-state index in [-0.39, 0.29) is 30.0 Å². The van der Waals surface area contributed by atoms with Gasteiger partial charge in [0.25, 0.3) is 0 Å². The zero-order valence-corrected chi connectivity index (χ0v) is 13.2. The number of aromatic nitrogens is 3. The van der Waals surface area contributed by atoms with Crippen molar-refractivity contribution >= 4 is 5.91 Å². The minimum absolute atomic E-state index is 0.0545. The summed E-state index contributed by atoms with van der Waals surface area (Å²) in [4.78, 5) is 16.4. The molecule has 2 saturated heterocycles. The van der Waals surface area contributed by atoms with Gasteiger partial charge in [0.2, 0.25) is 5.91 Å². The van der Waals surface area contributed by atoms with Crippen LogP contribution in [0.25, 0.3) is 0 Å². The van der Waals surface area contributed by atoms with Crippen LogP contribution in [0.15, 0.2) is 49.6 Å². The van der Waals surface area contributed by atoms with Gasteiger partial charge in [-0.3, -0.25) is 14.5 Å². The number of hydrogen-bond donors (Lipinski definition) is 3. The van der Waals surface area contributed by atoms with Crippen LogP contribution in [0.1, 0.15) is 29.5 Å². The van der Waals surface area contributed by atoms with Crippen LogP contribution in [-0.4, -0.2) is 26.8 Å². The average Bonchev–Trinajstić information content (AvgIpc) is 3.22. The quantitative estimate of drug-likeness (QED) is 0.727. The Bertz CT molecular complexity index is 743. The van der Waals surface area contributed by atoms with E-state index in [2.05, 4.69) is 38.9 Å². The molecule has 3 N–H and O–H groups in total. The highest BCUT2D eigenvalue weighted by atomic mass is 16.2. The zero-order chi connectivity index (χ0) is 16.5. The molecule has 4 rings (SSSR count). The minimum atomic E-state index is -0.107. The first-order valence-electron chi connectivity index (χ1n) is 8.10. The summed E-state index contributed by atoms with van der Waals surface area (Å²) in [6.45, 7) is 4.41. The lowest BCUT2D eigenvalue weighted by Crippen LogP contribution is -2.52. The van der Waals surface area contributed by atoms with Crippen molar-refractivity contribution in [3.8, 4) is 0 Å². The Balaban J connectivity index is 1.67. The number of fused-ring (bicyclic) bond motifs is 1. The van der Waals surface area contributed by atoms with Crippen molar-refractivity contribution in [1.82, 2.24) is 30.9 Å². The van der Waals surface area contributed by atoms with Crippen molar-refractivity contribution in [2.45, 2.75) is 31.1 Å². The second-order valence-corrected chi connectivity index (χ2v) is 6.27. The molecule has 7 nitrogen and oxygen atoms in total. The lowest BCUT2D eigenvalue weighted by molar-refractivity contribution is -0.125. The monoisotopic (exact) mass is 324 g/mol. The first-order chi connectivity index (χ1) is 11.8. The number of piperidine rings is 1. The third-order valence-electron chi connectivity index (χ3n) is 4.79. The van der Waals surface area contributed by atoms with Gasteiger partial charge in [0.1, 0.15) is 0 Å². The molecule has 0 spiro atoms. The Morgan fingerprint density at radius 3 is 3.04 bits per heavy atom. The predicted molar refractivity (Wildman–Crippen MR) is 88.5 cm³/mol. The molecule has 2 aliphatic heterocycles. The number of hydrogen-bond acceptors (Lipinski definition) is 5. The van der Waals surface area contributed by atoms with Crippen molar-refractivity contribution < 1.29 is 4.79 Å². The van der Waals surface area contributed by atoms with Gasteiger partial charge in [-0.15, -0.1) is 6.58 Å². The van der Waals surface area contributed by atoms with Crippen LogP contribution in [0.4, 0.5) is 0 Å². The topological polar surface area (TPSA) is 83.9 Å². The van der Waals surface area contributed by atoms with Gasteiger partial charge < -0.3 is 5.32 Å². The van der Waals surface area contributed by atoms with Crippen molar-refractivity contribution in [2.75, 3.05) is 0 Å². The number of allylic oxidation sites excluding steroid dienone is 1. The number of carbonyl (C=O) groups is 1. The second kappa shape index (κ2) is 6.18. The molecule has 0 bridgehead atoms. The summed E-state index contributed by atoms with van der Waals surface area (Å²) in [7, 11) is 0. The SMILES string of the molecule is C=CCn1cc(C2CC(=O)NC3NNC(c4cccnc4)C32)cn1. The Hall–Kier alpha value is -2.51. The molecule has 24 heavy (non-hydrogen) atoms. The van der Waals surface area contributed by atoms with E-state index in [0.29, 0.717) is 13.0 Å². The van der Waals surface area contributed by atoms with E-state index >= 15 is 0 Å². The Labute approximate surface area is 140 Å². The van der Waals surface area contributed by atoms with E-state index in [1.54, 1.807) is 6.20 Å². The molecule has 0 radical (unpaired) electrons. The molecule has 0 saturated carbocycles. The fourth-order valence-corrected chi connectivity index (χ4v) is 3.74. The molecule has 4 heterocycles. The molecule has 0 aliphatic carbocycles. The summed E-state index contributed by atoms with van der Waals surface area (Å²) < 4.78 is 1.85. The number of pyridine rings is 1. The molecule has 4 atom stereocenters. The smallest absolute Gasteiger partial charge is 0.221 e. The van der Waals surface area contributed by atoms with Gasteiger partial charge >= 0.3 is 0 Å². The summed E-state index contributed by atoms with van der Waals surface area (Å²) in [5.74, 6) is 0.335. The molecular weight excluding hydrogens is 304 g/mol. The molecule has 2 fully saturated rings. The summed E-state index contributed by atoms with van der Waals surface area (Å²) in [6, 6.07) is 4.07. The van der Waals surface area contributed by atoms with Crippen LogP contribution < -0.4 is 16.2 Å². The van der Waals surface area contributed by atoms with Crippen molar-refractivity contribution in [3.05, 3.63) is 60.7 Å². The van der Waals surface area contributed by atoms with E-state index in [0.717, 1.165) is 11.1 Å². The van der Waals surface area contributed by atoms with Gasteiger partial charge in [-0.1, -0.05) is 12.1 Å². The zero-order valence-electron chi connectivity index (χ0n) is 13.2. The normalized spacial score (nSPS) is 29.1. The third kappa shape index (κ3) is 2.61. The van der Waals surface area contributed by atoms with Crippen LogP contribution in [0, 0.1) is 5.92 Å². The summed E-state index contributed by atoms with van der Waals surface area (Å²) in [5, 5.41) is 7.41. The molecule has 4 unspecified atom stereocenters. The second-order valence-electron chi connectivity index (χ2n) is 6.27. The number of carbonyl (C=O) groups excluding carboxylic acids is 1. The summed E-state index contributed by atoms with van der Waals surface area (Å²) in [5.41, 5.74) is 8.73. The first kappa shape index (κ1) is 15.0. The highest BCUT2D eigenvalue weighted by Crippen LogP contribution is 2.42. The lowest BCUT2D eigenvalue weighted by Gasteiger charge is -2.35. The maximum absolute atomic E-state index is 12.1. The Morgan fingerprint density at radius 2 is 2.25 bits per heavy atom. The average molecular weight is 324 g/mol.